The lowest BCUT2D eigenvalue weighted by atomic mass is 9.87. The van der Waals surface area contributed by atoms with Gasteiger partial charge in [0.1, 0.15) is 11.4 Å². The second-order valence-corrected chi connectivity index (χ2v) is 7.90. The molecule has 2 aromatic carbocycles. The molecule has 2 N–H and O–H groups in total. The van der Waals surface area contributed by atoms with Crippen LogP contribution < -0.4 is 10.6 Å². The highest BCUT2D eigenvalue weighted by Gasteiger charge is 2.35. The Morgan fingerprint density at radius 1 is 0.793 bits per heavy atom. The summed E-state index contributed by atoms with van der Waals surface area (Å²) in [5, 5.41) is 5.72. The fourth-order valence-corrected chi connectivity index (χ4v) is 2.70. The molecule has 0 atom stereocenters. The van der Waals surface area contributed by atoms with Gasteiger partial charge in [-0.25, -0.2) is 4.98 Å². The van der Waals surface area contributed by atoms with E-state index in [0.717, 1.165) is 17.3 Å². The number of aromatic nitrogens is 2. The number of nitrogens with one attached hydrogen (secondary N) is 2. The Labute approximate surface area is 168 Å². The first kappa shape index (κ1) is 20.6. The van der Waals surface area contributed by atoms with Gasteiger partial charge >= 0.3 is 6.18 Å². The van der Waals surface area contributed by atoms with Gasteiger partial charge in [0.15, 0.2) is 0 Å². The molecule has 0 fully saturated rings. The second-order valence-electron chi connectivity index (χ2n) is 7.90. The molecule has 3 aromatic rings. The first-order chi connectivity index (χ1) is 13.5. The Balaban J connectivity index is 1.91. The minimum Gasteiger partial charge on any atom is -0.340 e. The highest BCUT2D eigenvalue weighted by atomic mass is 19.4. The number of rotatable bonds is 4. The molecule has 0 spiro atoms. The summed E-state index contributed by atoms with van der Waals surface area (Å²) in [4.78, 5) is 7.90. The molecule has 3 rings (SSSR count). The molecule has 29 heavy (non-hydrogen) atoms. The van der Waals surface area contributed by atoms with Crippen LogP contribution in [0.3, 0.4) is 0 Å². The molecule has 0 aliphatic heterocycles. The van der Waals surface area contributed by atoms with Crippen molar-refractivity contribution >= 4 is 23.1 Å². The Bertz CT molecular complexity index is 973. The van der Waals surface area contributed by atoms with E-state index in [1.165, 1.54) is 0 Å². The molecular formula is C22H23F3N4. The quantitative estimate of drug-likeness (QED) is 0.519. The lowest BCUT2D eigenvalue weighted by Crippen LogP contribution is -2.13. The van der Waals surface area contributed by atoms with E-state index in [4.69, 9.17) is 0 Å². The number of benzene rings is 2. The van der Waals surface area contributed by atoms with Crippen molar-refractivity contribution in [2.75, 3.05) is 10.6 Å². The third kappa shape index (κ3) is 5.25. The second kappa shape index (κ2) is 7.73. The van der Waals surface area contributed by atoms with Crippen LogP contribution >= 0.6 is 0 Å². The third-order valence-corrected chi connectivity index (χ3v) is 4.42. The van der Waals surface area contributed by atoms with E-state index in [1.807, 2.05) is 43.3 Å². The van der Waals surface area contributed by atoms with Crippen molar-refractivity contribution in [1.29, 1.82) is 0 Å². The minimum atomic E-state index is -4.57. The smallest absolute Gasteiger partial charge is 0.340 e. The molecule has 0 saturated carbocycles. The number of halogens is 3. The number of anilines is 4. The topological polar surface area (TPSA) is 49.8 Å². The first-order valence-electron chi connectivity index (χ1n) is 9.18. The Hall–Kier alpha value is -3.09. The van der Waals surface area contributed by atoms with Crippen molar-refractivity contribution in [2.45, 2.75) is 39.3 Å². The Morgan fingerprint density at radius 2 is 1.34 bits per heavy atom. The summed E-state index contributed by atoms with van der Waals surface area (Å²) in [5.41, 5.74) is 2.40. The number of aryl methyl sites for hydroxylation is 1. The summed E-state index contributed by atoms with van der Waals surface area (Å²) in [6.45, 7) is 8.17. The van der Waals surface area contributed by atoms with Crippen LogP contribution in [0.2, 0.25) is 0 Å². The van der Waals surface area contributed by atoms with Crippen molar-refractivity contribution < 1.29 is 13.2 Å². The van der Waals surface area contributed by atoms with Crippen LogP contribution in [0.1, 0.15) is 37.5 Å². The fourth-order valence-electron chi connectivity index (χ4n) is 2.70. The summed E-state index contributed by atoms with van der Waals surface area (Å²) in [6.07, 6.45) is -3.79. The van der Waals surface area contributed by atoms with E-state index in [1.54, 1.807) is 12.1 Å². The predicted molar refractivity (Wildman–Crippen MR) is 110 cm³/mol. The highest BCUT2D eigenvalue weighted by Crippen LogP contribution is 2.35. The van der Waals surface area contributed by atoms with Crippen molar-refractivity contribution in [2.24, 2.45) is 0 Å². The molecule has 0 unspecified atom stereocenters. The SMILES string of the molecule is Cc1ccc(Nc2ncc(C(F)(F)F)c(Nc3ccc(C(C)(C)C)cc3)n2)cc1. The van der Waals surface area contributed by atoms with Crippen LogP contribution in [-0.2, 0) is 11.6 Å². The molecule has 4 nitrogen and oxygen atoms in total. The van der Waals surface area contributed by atoms with Gasteiger partial charge in [0.05, 0.1) is 0 Å². The number of hydrogen-bond acceptors (Lipinski definition) is 4. The summed E-state index contributed by atoms with van der Waals surface area (Å²) in [6, 6.07) is 14.7. The molecule has 7 heteroatoms. The first-order valence-corrected chi connectivity index (χ1v) is 9.18. The zero-order valence-electron chi connectivity index (χ0n) is 16.7. The van der Waals surface area contributed by atoms with Crippen molar-refractivity contribution in [3.63, 3.8) is 0 Å². The highest BCUT2D eigenvalue weighted by molar-refractivity contribution is 5.63. The molecule has 0 aliphatic rings. The van der Waals surface area contributed by atoms with Crippen LogP contribution in [0.5, 0.6) is 0 Å². The van der Waals surface area contributed by atoms with Crippen LogP contribution in [0.15, 0.2) is 54.7 Å². The number of hydrogen-bond donors (Lipinski definition) is 2. The average molecular weight is 400 g/mol. The maximum Gasteiger partial charge on any atom is 0.421 e. The number of nitrogens with zero attached hydrogens (tertiary/aromatic N) is 2. The van der Waals surface area contributed by atoms with Crippen LogP contribution in [-0.4, -0.2) is 9.97 Å². The van der Waals surface area contributed by atoms with Crippen LogP contribution in [0.25, 0.3) is 0 Å². The van der Waals surface area contributed by atoms with Gasteiger partial charge < -0.3 is 10.6 Å². The zero-order valence-corrected chi connectivity index (χ0v) is 16.7. The van der Waals surface area contributed by atoms with Crippen LogP contribution in [0.4, 0.5) is 36.3 Å². The molecule has 0 bridgehead atoms. The van der Waals surface area contributed by atoms with Crippen molar-refractivity contribution in [3.05, 3.63) is 71.4 Å². The molecule has 1 heterocycles. The minimum absolute atomic E-state index is 0.0459. The average Bonchev–Trinajstić information content (AvgIpc) is 2.62. The molecule has 0 saturated heterocycles. The van der Waals surface area contributed by atoms with E-state index < -0.39 is 11.7 Å². The molecule has 0 amide bonds. The normalized spacial score (nSPS) is 12.0. The third-order valence-electron chi connectivity index (χ3n) is 4.42. The summed E-state index contributed by atoms with van der Waals surface area (Å²) >= 11 is 0. The van der Waals surface area contributed by atoms with E-state index >= 15 is 0 Å². The molecule has 1 aromatic heterocycles. The monoisotopic (exact) mass is 400 g/mol. The van der Waals surface area contributed by atoms with Gasteiger partial charge in [-0.15, -0.1) is 0 Å². The standard InChI is InChI=1S/C22H23F3N4/c1-14-5-9-17(10-6-14)28-20-26-13-18(22(23,24)25)19(29-20)27-16-11-7-15(8-12-16)21(2,3)4/h5-13H,1-4H3,(H2,26,27,28,29). The van der Waals surface area contributed by atoms with E-state index in [9.17, 15) is 13.2 Å². The lowest BCUT2D eigenvalue weighted by Gasteiger charge is -2.20. The summed E-state index contributed by atoms with van der Waals surface area (Å²) < 4.78 is 40.3. The van der Waals surface area contributed by atoms with Crippen molar-refractivity contribution in [3.8, 4) is 0 Å². The van der Waals surface area contributed by atoms with Crippen LogP contribution in [0, 0.1) is 6.92 Å². The number of alkyl halides is 3. The maximum atomic E-state index is 13.4. The zero-order chi connectivity index (χ0) is 21.2. The van der Waals surface area contributed by atoms with Gasteiger partial charge in [-0.1, -0.05) is 50.6 Å². The summed E-state index contributed by atoms with van der Waals surface area (Å²) in [7, 11) is 0. The largest absolute Gasteiger partial charge is 0.421 e. The summed E-state index contributed by atoms with van der Waals surface area (Å²) in [5.74, 6) is -0.221. The van der Waals surface area contributed by atoms with Gasteiger partial charge in [-0.3, -0.25) is 0 Å². The molecule has 0 radical (unpaired) electrons. The Morgan fingerprint density at radius 3 is 1.90 bits per heavy atom. The van der Waals surface area contributed by atoms with E-state index in [2.05, 4.69) is 41.4 Å². The molecular weight excluding hydrogens is 377 g/mol. The lowest BCUT2D eigenvalue weighted by molar-refractivity contribution is -0.137. The molecule has 152 valence electrons. The van der Waals surface area contributed by atoms with Gasteiger partial charge in [0, 0.05) is 17.6 Å². The van der Waals surface area contributed by atoms with Crippen molar-refractivity contribution in [1.82, 2.24) is 9.97 Å². The van der Waals surface area contributed by atoms with Gasteiger partial charge in [-0.05, 0) is 42.2 Å². The molecule has 0 aliphatic carbocycles. The Kier molecular flexibility index (Phi) is 5.50. The van der Waals surface area contributed by atoms with Gasteiger partial charge in [-0.2, -0.15) is 18.2 Å². The van der Waals surface area contributed by atoms with E-state index in [-0.39, 0.29) is 17.2 Å². The van der Waals surface area contributed by atoms with Gasteiger partial charge in [0.2, 0.25) is 5.95 Å². The predicted octanol–water partition coefficient (Wildman–Crippen LogP) is 6.59. The maximum absolute atomic E-state index is 13.4. The van der Waals surface area contributed by atoms with E-state index in [0.29, 0.717) is 11.4 Å². The fraction of sp³-hybridized carbons (Fsp3) is 0.273. The van der Waals surface area contributed by atoms with Gasteiger partial charge in [0.25, 0.3) is 0 Å².